The van der Waals surface area contributed by atoms with Gasteiger partial charge in [0.15, 0.2) is 5.72 Å². The molecule has 2 heterocycles. The summed E-state index contributed by atoms with van der Waals surface area (Å²) >= 11 is 0. The number of rotatable bonds is 3. The third kappa shape index (κ3) is 2.98. The molecule has 3 fully saturated rings. The van der Waals surface area contributed by atoms with Gasteiger partial charge in [-0.15, -0.1) is 0 Å². The maximum Gasteiger partial charge on any atom is 0.258 e. The van der Waals surface area contributed by atoms with Gasteiger partial charge < -0.3 is 15.4 Å². The molecule has 0 unspecified atom stereocenters. The van der Waals surface area contributed by atoms with E-state index in [-0.39, 0.29) is 29.1 Å². The standard InChI is InChI=1S/C23H25N3O3/c1-22-9-8-16(11-18(22)21(28)25-13-15-5-4-10-24-12-15)23(14-22)26-20(27)17-6-2-3-7-19(17)29-23/h2-7,10,12,16,18H,8-9,11,13-14H2,1H3,(H,25,28)(H,26,27)/t16-,18-,22-,23+/m0/s1. The summed E-state index contributed by atoms with van der Waals surface area (Å²) in [5.74, 6) is 0.681. The first-order chi connectivity index (χ1) is 14.0. The molecule has 1 aromatic heterocycles. The normalized spacial score (nSPS) is 32.2. The van der Waals surface area contributed by atoms with E-state index in [0.29, 0.717) is 24.3 Å². The summed E-state index contributed by atoms with van der Waals surface area (Å²) in [6.45, 7) is 2.64. The minimum Gasteiger partial charge on any atom is -0.467 e. The van der Waals surface area contributed by atoms with Crippen LogP contribution in [0.3, 0.4) is 0 Å². The average molecular weight is 391 g/mol. The van der Waals surface area contributed by atoms with Crippen molar-refractivity contribution in [3.05, 3.63) is 59.9 Å². The van der Waals surface area contributed by atoms with Gasteiger partial charge in [-0.3, -0.25) is 14.6 Å². The van der Waals surface area contributed by atoms with Crippen LogP contribution in [0.5, 0.6) is 5.75 Å². The molecular weight excluding hydrogens is 366 g/mol. The molecule has 0 radical (unpaired) electrons. The van der Waals surface area contributed by atoms with Crippen molar-refractivity contribution in [1.29, 1.82) is 0 Å². The lowest BCUT2D eigenvalue weighted by molar-refractivity contribution is -0.167. The van der Waals surface area contributed by atoms with E-state index in [9.17, 15) is 9.59 Å². The molecule has 6 rings (SSSR count). The lowest BCUT2D eigenvalue weighted by Gasteiger charge is -2.59. The fourth-order valence-electron chi connectivity index (χ4n) is 5.47. The lowest BCUT2D eigenvalue weighted by atomic mass is 9.52. The van der Waals surface area contributed by atoms with Crippen LogP contribution in [0.25, 0.3) is 0 Å². The first-order valence-corrected chi connectivity index (χ1v) is 10.3. The smallest absolute Gasteiger partial charge is 0.258 e. The van der Waals surface area contributed by atoms with E-state index >= 15 is 0 Å². The number of benzene rings is 1. The Morgan fingerprint density at radius 3 is 2.97 bits per heavy atom. The SMILES string of the molecule is C[C@@]12CC[C@@H](C[C@H]1C(=O)NCc1cccnc1)[C@]1(C2)NC(=O)c2ccccc2O1. The number of nitrogens with zero attached hydrogens (tertiary/aromatic N) is 1. The fraction of sp³-hybridized carbons (Fsp3) is 0.435. The van der Waals surface area contributed by atoms with Crippen molar-refractivity contribution in [2.24, 2.45) is 17.3 Å². The maximum absolute atomic E-state index is 13.0. The van der Waals surface area contributed by atoms with E-state index in [1.165, 1.54) is 0 Å². The molecule has 4 aliphatic rings. The Bertz CT molecular complexity index is 963. The summed E-state index contributed by atoms with van der Waals surface area (Å²) in [4.78, 5) is 29.9. The summed E-state index contributed by atoms with van der Waals surface area (Å²) in [5, 5.41) is 6.25. The van der Waals surface area contributed by atoms with Crippen molar-refractivity contribution in [2.75, 3.05) is 0 Å². The zero-order valence-electron chi connectivity index (χ0n) is 16.5. The van der Waals surface area contributed by atoms with Gasteiger partial charge in [-0.25, -0.2) is 0 Å². The second-order valence-corrected chi connectivity index (χ2v) is 8.88. The van der Waals surface area contributed by atoms with Gasteiger partial charge in [0.1, 0.15) is 5.75 Å². The molecule has 2 aromatic rings. The highest BCUT2D eigenvalue weighted by molar-refractivity contribution is 5.98. The van der Waals surface area contributed by atoms with Crippen LogP contribution in [0.15, 0.2) is 48.8 Å². The van der Waals surface area contributed by atoms with Crippen LogP contribution in [0.1, 0.15) is 48.5 Å². The third-order valence-corrected chi connectivity index (χ3v) is 7.01. The molecule has 29 heavy (non-hydrogen) atoms. The molecule has 2 bridgehead atoms. The number of nitrogens with one attached hydrogen (secondary N) is 2. The number of ether oxygens (including phenoxy) is 1. The Kier molecular flexibility index (Phi) is 4.12. The van der Waals surface area contributed by atoms with Crippen molar-refractivity contribution in [1.82, 2.24) is 15.6 Å². The summed E-state index contributed by atoms with van der Waals surface area (Å²) in [6.07, 6.45) is 6.78. The number of amides is 2. The van der Waals surface area contributed by atoms with Crippen LogP contribution in [-0.4, -0.2) is 22.5 Å². The average Bonchev–Trinajstić information content (AvgIpc) is 2.72. The Morgan fingerprint density at radius 2 is 2.17 bits per heavy atom. The number of fused-ring (bicyclic) bond motifs is 3. The van der Waals surface area contributed by atoms with E-state index in [1.54, 1.807) is 18.5 Å². The molecule has 1 spiro atoms. The van der Waals surface area contributed by atoms with Gasteiger partial charge in [0.05, 0.1) is 5.56 Å². The Labute approximate surface area is 170 Å². The van der Waals surface area contributed by atoms with Gasteiger partial charge in [0.2, 0.25) is 5.91 Å². The Morgan fingerprint density at radius 1 is 1.31 bits per heavy atom. The van der Waals surface area contributed by atoms with Gasteiger partial charge in [-0.2, -0.15) is 0 Å². The lowest BCUT2D eigenvalue weighted by Crippen LogP contribution is -2.69. The number of hydrogen-bond donors (Lipinski definition) is 2. The topological polar surface area (TPSA) is 80.3 Å². The van der Waals surface area contributed by atoms with Gasteiger partial charge in [-0.05, 0) is 48.4 Å². The number of carbonyl (C=O) groups is 2. The molecule has 2 N–H and O–H groups in total. The van der Waals surface area contributed by atoms with Crippen molar-refractivity contribution in [3.8, 4) is 5.75 Å². The minimum absolute atomic E-state index is 0.0819. The zero-order chi connectivity index (χ0) is 20.1. The number of pyridine rings is 1. The number of carbonyl (C=O) groups excluding carboxylic acids is 2. The van der Waals surface area contributed by atoms with E-state index in [1.807, 2.05) is 30.3 Å². The van der Waals surface area contributed by atoms with E-state index in [0.717, 1.165) is 24.8 Å². The van der Waals surface area contributed by atoms with Crippen molar-refractivity contribution in [3.63, 3.8) is 0 Å². The number of para-hydroxylation sites is 1. The molecule has 150 valence electrons. The second kappa shape index (κ2) is 6.58. The molecule has 1 aromatic carbocycles. The monoisotopic (exact) mass is 391 g/mol. The molecule has 6 nitrogen and oxygen atoms in total. The highest BCUT2D eigenvalue weighted by atomic mass is 16.5. The van der Waals surface area contributed by atoms with Gasteiger partial charge in [0.25, 0.3) is 5.91 Å². The molecule has 2 amide bonds. The molecule has 1 aliphatic heterocycles. The number of aromatic nitrogens is 1. The first kappa shape index (κ1) is 18.2. The summed E-state index contributed by atoms with van der Waals surface area (Å²) in [5.41, 5.74) is 0.643. The Hall–Kier alpha value is -2.89. The quantitative estimate of drug-likeness (QED) is 0.843. The predicted octanol–water partition coefficient (Wildman–Crippen LogP) is 3.04. The van der Waals surface area contributed by atoms with Crippen molar-refractivity contribution >= 4 is 11.8 Å². The first-order valence-electron chi connectivity index (χ1n) is 10.3. The van der Waals surface area contributed by atoms with Crippen LogP contribution in [0, 0.1) is 17.3 Å². The minimum atomic E-state index is -0.710. The van der Waals surface area contributed by atoms with Crippen LogP contribution in [0.4, 0.5) is 0 Å². The molecule has 3 saturated carbocycles. The fourth-order valence-corrected chi connectivity index (χ4v) is 5.47. The molecule has 6 heteroatoms. The predicted molar refractivity (Wildman–Crippen MR) is 107 cm³/mol. The third-order valence-electron chi connectivity index (χ3n) is 7.01. The summed E-state index contributed by atoms with van der Waals surface area (Å²) < 4.78 is 6.42. The second-order valence-electron chi connectivity index (χ2n) is 8.88. The van der Waals surface area contributed by atoms with E-state index < -0.39 is 5.72 Å². The highest BCUT2D eigenvalue weighted by Gasteiger charge is 2.61. The van der Waals surface area contributed by atoms with E-state index in [2.05, 4.69) is 22.5 Å². The molecule has 4 atom stereocenters. The Balaban J connectivity index is 1.35. The van der Waals surface area contributed by atoms with Crippen LogP contribution in [0.2, 0.25) is 0 Å². The van der Waals surface area contributed by atoms with Crippen LogP contribution < -0.4 is 15.4 Å². The molecular formula is C23H25N3O3. The van der Waals surface area contributed by atoms with Gasteiger partial charge >= 0.3 is 0 Å². The molecule has 3 aliphatic carbocycles. The zero-order valence-corrected chi connectivity index (χ0v) is 16.5. The summed E-state index contributed by atoms with van der Waals surface area (Å²) in [7, 11) is 0. The van der Waals surface area contributed by atoms with Crippen molar-refractivity contribution in [2.45, 2.75) is 44.9 Å². The number of hydrogen-bond acceptors (Lipinski definition) is 4. The summed E-state index contributed by atoms with van der Waals surface area (Å²) in [6, 6.07) is 11.2. The highest BCUT2D eigenvalue weighted by Crippen LogP contribution is 2.58. The largest absolute Gasteiger partial charge is 0.467 e. The van der Waals surface area contributed by atoms with Gasteiger partial charge in [-0.1, -0.05) is 25.1 Å². The van der Waals surface area contributed by atoms with Crippen molar-refractivity contribution < 1.29 is 14.3 Å². The van der Waals surface area contributed by atoms with Crippen LogP contribution in [-0.2, 0) is 11.3 Å². The van der Waals surface area contributed by atoms with E-state index in [4.69, 9.17) is 4.74 Å². The maximum atomic E-state index is 13.0. The van der Waals surface area contributed by atoms with Gasteiger partial charge in [0, 0.05) is 37.2 Å². The van der Waals surface area contributed by atoms with Crippen LogP contribution >= 0.6 is 0 Å². The molecule has 0 saturated heterocycles.